The maximum absolute atomic E-state index is 12.3. The van der Waals surface area contributed by atoms with Crippen LogP contribution in [0.15, 0.2) is 18.2 Å². The van der Waals surface area contributed by atoms with Crippen molar-refractivity contribution < 1.29 is 19.4 Å². The van der Waals surface area contributed by atoms with Crippen molar-refractivity contribution in [3.8, 4) is 11.5 Å². The number of β-amino-alcohol motifs (C(OH)–C–C–N with tert-alkyl or cyclic N) is 1. The van der Waals surface area contributed by atoms with Crippen LogP contribution in [0.5, 0.6) is 11.5 Å². The van der Waals surface area contributed by atoms with Gasteiger partial charge in [0.25, 0.3) is 0 Å². The van der Waals surface area contributed by atoms with Gasteiger partial charge in [-0.3, -0.25) is 14.6 Å². The van der Waals surface area contributed by atoms with Crippen molar-refractivity contribution in [1.82, 2.24) is 15.1 Å². The van der Waals surface area contributed by atoms with Gasteiger partial charge < -0.3 is 19.9 Å². The van der Waals surface area contributed by atoms with E-state index in [4.69, 9.17) is 14.6 Å². The summed E-state index contributed by atoms with van der Waals surface area (Å²) in [5.41, 5.74) is 1.00. The number of ether oxygens (including phenoxy) is 2. The molecule has 2 N–H and O–H groups in total. The summed E-state index contributed by atoms with van der Waals surface area (Å²) < 4.78 is 11.1. The molecule has 0 aromatic heterocycles. The van der Waals surface area contributed by atoms with Gasteiger partial charge in [-0.15, -0.1) is 0 Å². The van der Waals surface area contributed by atoms with Crippen LogP contribution in [0.25, 0.3) is 0 Å². The molecule has 1 fully saturated rings. The fourth-order valence-electron chi connectivity index (χ4n) is 3.22. The fourth-order valence-corrected chi connectivity index (χ4v) is 3.22. The Balaban J connectivity index is 1.48. The zero-order valence-electron chi connectivity index (χ0n) is 14.7. The van der Waals surface area contributed by atoms with Gasteiger partial charge in [0.15, 0.2) is 11.5 Å². The molecule has 1 amide bonds. The van der Waals surface area contributed by atoms with Gasteiger partial charge in [0.2, 0.25) is 5.91 Å². The van der Waals surface area contributed by atoms with E-state index >= 15 is 0 Å². The van der Waals surface area contributed by atoms with Crippen LogP contribution in [0.2, 0.25) is 0 Å². The number of aliphatic hydroxyl groups excluding tert-OH is 1. The Morgan fingerprint density at radius 1 is 1.16 bits per heavy atom. The molecule has 1 aromatic rings. The lowest BCUT2D eigenvalue weighted by atomic mass is 10.1. The Morgan fingerprint density at radius 3 is 2.56 bits per heavy atom. The lowest BCUT2D eigenvalue weighted by Gasteiger charge is -2.34. The molecule has 2 heterocycles. The molecule has 1 unspecified atom stereocenters. The van der Waals surface area contributed by atoms with Gasteiger partial charge in [-0.05, 0) is 24.6 Å². The number of nitrogens with zero attached hydrogens (tertiary/aromatic N) is 2. The first-order valence-corrected chi connectivity index (χ1v) is 8.90. The standard InChI is InChI=1S/C18H27N3O4/c1-14(15-2-3-16-17(12-15)25-11-10-24-16)19-18(23)13-21-6-4-20(5-7-21)8-9-22/h2-3,12,14,22H,4-11,13H2,1H3,(H,19,23). The van der Waals surface area contributed by atoms with Gasteiger partial charge in [-0.1, -0.05) is 6.07 Å². The van der Waals surface area contributed by atoms with Crippen molar-refractivity contribution in [1.29, 1.82) is 0 Å². The second-order valence-electron chi connectivity index (χ2n) is 6.53. The first-order valence-electron chi connectivity index (χ1n) is 8.90. The third kappa shape index (κ3) is 4.84. The predicted molar refractivity (Wildman–Crippen MR) is 94.0 cm³/mol. The molecule has 7 heteroatoms. The number of rotatable bonds is 6. The van der Waals surface area contributed by atoms with Crippen LogP contribution in [0.3, 0.4) is 0 Å². The molecule has 1 saturated heterocycles. The minimum Gasteiger partial charge on any atom is -0.486 e. The molecule has 1 aromatic carbocycles. The van der Waals surface area contributed by atoms with Crippen molar-refractivity contribution in [3.63, 3.8) is 0 Å². The van der Waals surface area contributed by atoms with Crippen LogP contribution in [0, 0.1) is 0 Å². The van der Waals surface area contributed by atoms with Crippen molar-refractivity contribution in [3.05, 3.63) is 23.8 Å². The molecule has 2 aliphatic rings. The van der Waals surface area contributed by atoms with E-state index in [1.54, 1.807) is 0 Å². The number of hydrogen-bond acceptors (Lipinski definition) is 6. The molecule has 0 aliphatic carbocycles. The summed E-state index contributed by atoms with van der Waals surface area (Å²) in [5, 5.41) is 12.0. The van der Waals surface area contributed by atoms with Crippen LogP contribution in [-0.2, 0) is 4.79 Å². The molecule has 3 rings (SSSR count). The number of carbonyl (C=O) groups excluding carboxylic acids is 1. The number of benzene rings is 1. The largest absolute Gasteiger partial charge is 0.486 e. The number of amides is 1. The summed E-state index contributed by atoms with van der Waals surface area (Å²) in [6.07, 6.45) is 0. The zero-order chi connectivity index (χ0) is 17.6. The summed E-state index contributed by atoms with van der Waals surface area (Å²) in [6, 6.07) is 5.71. The molecule has 7 nitrogen and oxygen atoms in total. The van der Waals surface area contributed by atoms with Crippen molar-refractivity contribution in [2.45, 2.75) is 13.0 Å². The van der Waals surface area contributed by atoms with Crippen LogP contribution in [0.4, 0.5) is 0 Å². The topological polar surface area (TPSA) is 74.3 Å². The van der Waals surface area contributed by atoms with Crippen LogP contribution in [-0.4, -0.2) is 79.9 Å². The van der Waals surface area contributed by atoms with Gasteiger partial charge in [0.1, 0.15) is 13.2 Å². The third-order valence-corrected chi connectivity index (χ3v) is 4.69. The smallest absolute Gasteiger partial charge is 0.234 e. The van der Waals surface area contributed by atoms with E-state index in [9.17, 15) is 4.79 Å². The first kappa shape index (κ1) is 18.0. The van der Waals surface area contributed by atoms with Crippen LogP contribution < -0.4 is 14.8 Å². The van der Waals surface area contributed by atoms with Crippen molar-refractivity contribution in [2.75, 3.05) is 59.1 Å². The highest BCUT2D eigenvalue weighted by Crippen LogP contribution is 2.32. The minimum atomic E-state index is -0.0843. The average Bonchev–Trinajstić information content (AvgIpc) is 2.63. The van der Waals surface area contributed by atoms with E-state index in [-0.39, 0.29) is 18.6 Å². The summed E-state index contributed by atoms with van der Waals surface area (Å²) in [7, 11) is 0. The number of piperazine rings is 1. The van der Waals surface area contributed by atoms with Crippen LogP contribution in [0.1, 0.15) is 18.5 Å². The zero-order valence-corrected chi connectivity index (χ0v) is 14.7. The van der Waals surface area contributed by atoms with E-state index < -0.39 is 0 Å². The molecule has 2 aliphatic heterocycles. The maximum atomic E-state index is 12.3. The molecule has 1 atom stereocenters. The number of hydrogen-bond donors (Lipinski definition) is 2. The molecule has 138 valence electrons. The second-order valence-corrected chi connectivity index (χ2v) is 6.53. The molecule has 0 spiro atoms. The highest BCUT2D eigenvalue weighted by atomic mass is 16.6. The highest BCUT2D eigenvalue weighted by Gasteiger charge is 2.20. The van der Waals surface area contributed by atoms with Gasteiger partial charge in [-0.2, -0.15) is 0 Å². The summed E-state index contributed by atoms with van der Waals surface area (Å²) in [5.74, 6) is 1.53. The van der Waals surface area contributed by atoms with Gasteiger partial charge >= 0.3 is 0 Å². The number of fused-ring (bicyclic) bond motifs is 1. The van der Waals surface area contributed by atoms with E-state index in [1.165, 1.54) is 0 Å². The lowest BCUT2D eigenvalue weighted by molar-refractivity contribution is -0.123. The van der Waals surface area contributed by atoms with Gasteiger partial charge in [-0.25, -0.2) is 0 Å². The van der Waals surface area contributed by atoms with Crippen molar-refractivity contribution >= 4 is 5.91 Å². The number of nitrogens with one attached hydrogen (secondary N) is 1. The summed E-state index contributed by atoms with van der Waals surface area (Å²) in [6.45, 7) is 7.90. The Morgan fingerprint density at radius 2 is 1.84 bits per heavy atom. The predicted octanol–water partition coefficient (Wildman–Crippen LogP) is 0.245. The van der Waals surface area contributed by atoms with E-state index in [1.807, 2.05) is 25.1 Å². The molecule has 0 bridgehead atoms. The Labute approximate surface area is 148 Å². The SMILES string of the molecule is CC(NC(=O)CN1CCN(CCO)CC1)c1ccc2c(c1)OCCO2. The molecule has 25 heavy (non-hydrogen) atoms. The van der Waals surface area contributed by atoms with Crippen LogP contribution >= 0.6 is 0 Å². The quantitative estimate of drug-likeness (QED) is 0.767. The molecule has 0 saturated carbocycles. The minimum absolute atomic E-state index is 0.0259. The van der Waals surface area contributed by atoms with Gasteiger partial charge in [0, 0.05) is 32.7 Å². The van der Waals surface area contributed by atoms with Crippen molar-refractivity contribution in [2.24, 2.45) is 0 Å². The first-order chi connectivity index (χ1) is 12.2. The van der Waals surface area contributed by atoms with Gasteiger partial charge in [0.05, 0.1) is 19.2 Å². The fraction of sp³-hybridized carbons (Fsp3) is 0.611. The Bertz CT molecular complexity index is 588. The average molecular weight is 349 g/mol. The normalized spacial score (nSPS) is 19.4. The Hall–Kier alpha value is -1.83. The third-order valence-electron chi connectivity index (χ3n) is 4.69. The Kier molecular flexibility index (Phi) is 6.12. The summed E-state index contributed by atoms with van der Waals surface area (Å²) >= 11 is 0. The molecule has 0 radical (unpaired) electrons. The van der Waals surface area contributed by atoms with E-state index in [0.717, 1.165) is 43.2 Å². The maximum Gasteiger partial charge on any atom is 0.234 e. The van der Waals surface area contributed by atoms with E-state index in [2.05, 4.69) is 15.1 Å². The molecular weight excluding hydrogens is 322 g/mol. The van der Waals surface area contributed by atoms with E-state index in [0.29, 0.717) is 26.3 Å². The highest BCUT2D eigenvalue weighted by molar-refractivity contribution is 5.78. The molecular formula is C18H27N3O4. The number of aliphatic hydroxyl groups is 1. The number of carbonyl (C=O) groups is 1. The summed E-state index contributed by atoms with van der Waals surface area (Å²) in [4.78, 5) is 16.7. The second kappa shape index (κ2) is 8.51. The lowest BCUT2D eigenvalue weighted by Crippen LogP contribution is -2.50. The monoisotopic (exact) mass is 349 g/mol.